The van der Waals surface area contributed by atoms with Gasteiger partial charge >= 0.3 is 0 Å². The van der Waals surface area contributed by atoms with Crippen molar-refractivity contribution in [3.63, 3.8) is 0 Å². The van der Waals surface area contributed by atoms with Crippen LogP contribution in [-0.2, 0) is 13.6 Å². The molecule has 0 aliphatic carbocycles. The van der Waals surface area contributed by atoms with Gasteiger partial charge < -0.3 is 4.57 Å². The first-order chi connectivity index (χ1) is 14.6. The van der Waals surface area contributed by atoms with Gasteiger partial charge in [-0.2, -0.15) is 5.10 Å². The molecule has 1 aromatic carbocycles. The molecular formula is C23H25ClN6. The van der Waals surface area contributed by atoms with Crippen molar-refractivity contribution in [2.24, 2.45) is 7.05 Å². The van der Waals surface area contributed by atoms with Gasteiger partial charge in [0.2, 0.25) is 0 Å². The van der Waals surface area contributed by atoms with Gasteiger partial charge in [0.05, 0.1) is 35.2 Å². The second-order valence-corrected chi connectivity index (χ2v) is 8.59. The SMILES string of the molecule is Cc1nn2c(C3CCCN(Cc4ccc(Cl)cc4)C3)ccnc2c1-c1cncn1C. The molecule has 0 bridgehead atoms. The van der Waals surface area contributed by atoms with E-state index in [1.807, 2.05) is 47.0 Å². The molecule has 1 fully saturated rings. The molecule has 5 rings (SSSR count). The third kappa shape index (κ3) is 3.50. The van der Waals surface area contributed by atoms with E-state index in [0.717, 1.165) is 53.7 Å². The topological polar surface area (TPSA) is 51.2 Å². The highest BCUT2D eigenvalue weighted by Gasteiger charge is 2.25. The zero-order valence-electron chi connectivity index (χ0n) is 17.3. The van der Waals surface area contributed by atoms with Crippen molar-refractivity contribution in [1.29, 1.82) is 0 Å². The summed E-state index contributed by atoms with van der Waals surface area (Å²) >= 11 is 6.04. The second-order valence-electron chi connectivity index (χ2n) is 8.16. The number of benzene rings is 1. The summed E-state index contributed by atoms with van der Waals surface area (Å²) in [6.45, 7) is 5.13. The quantitative estimate of drug-likeness (QED) is 0.488. The van der Waals surface area contributed by atoms with Gasteiger partial charge in [0.1, 0.15) is 0 Å². The third-order valence-corrected chi connectivity index (χ3v) is 6.29. The van der Waals surface area contributed by atoms with E-state index >= 15 is 0 Å². The number of imidazole rings is 1. The summed E-state index contributed by atoms with van der Waals surface area (Å²) in [5, 5.41) is 5.67. The Morgan fingerprint density at radius 1 is 1.17 bits per heavy atom. The van der Waals surface area contributed by atoms with Crippen LogP contribution >= 0.6 is 11.6 Å². The maximum Gasteiger partial charge on any atom is 0.164 e. The lowest BCUT2D eigenvalue weighted by Gasteiger charge is -2.33. The first kappa shape index (κ1) is 19.3. The van der Waals surface area contributed by atoms with Crippen LogP contribution in [0.15, 0.2) is 49.1 Å². The fraction of sp³-hybridized carbons (Fsp3) is 0.348. The number of rotatable bonds is 4. The molecule has 30 heavy (non-hydrogen) atoms. The highest BCUT2D eigenvalue weighted by atomic mass is 35.5. The number of likely N-dealkylation sites (tertiary alicyclic amines) is 1. The number of piperidine rings is 1. The molecular weight excluding hydrogens is 396 g/mol. The number of fused-ring (bicyclic) bond motifs is 1. The fourth-order valence-corrected chi connectivity index (χ4v) is 4.69. The van der Waals surface area contributed by atoms with Crippen LogP contribution in [-0.4, -0.2) is 42.1 Å². The van der Waals surface area contributed by atoms with Gasteiger partial charge in [-0.05, 0) is 50.1 Å². The minimum atomic E-state index is 0.426. The monoisotopic (exact) mass is 420 g/mol. The van der Waals surface area contributed by atoms with E-state index in [0.29, 0.717) is 5.92 Å². The maximum absolute atomic E-state index is 6.04. The summed E-state index contributed by atoms with van der Waals surface area (Å²) in [6.07, 6.45) is 7.96. The predicted octanol–water partition coefficient (Wildman–Crippen LogP) is 4.47. The molecule has 1 atom stereocenters. The van der Waals surface area contributed by atoms with Crippen molar-refractivity contribution in [2.75, 3.05) is 13.1 Å². The van der Waals surface area contributed by atoms with Gasteiger partial charge in [-0.25, -0.2) is 14.5 Å². The minimum Gasteiger partial charge on any atom is -0.334 e. The highest BCUT2D eigenvalue weighted by molar-refractivity contribution is 6.30. The first-order valence-corrected chi connectivity index (χ1v) is 10.8. The standard InChI is InChI=1S/C23H25ClN6/c1-16-22(21-12-25-15-28(21)2)23-26-10-9-20(30(23)27-16)18-4-3-11-29(14-18)13-17-5-7-19(24)8-6-17/h5-10,12,15,18H,3-4,11,13-14H2,1-2H3. The summed E-state index contributed by atoms with van der Waals surface area (Å²) in [5.74, 6) is 0.426. The Morgan fingerprint density at radius 3 is 2.77 bits per heavy atom. The van der Waals surface area contributed by atoms with E-state index in [2.05, 4.69) is 40.0 Å². The van der Waals surface area contributed by atoms with Crippen LogP contribution in [0, 0.1) is 6.92 Å². The van der Waals surface area contributed by atoms with Gasteiger partial charge in [0, 0.05) is 37.3 Å². The summed E-state index contributed by atoms with van der Waals surface area (Å²) in [7, 11) is 2.00. The number of halogens is 1. The lowest BCUT2D eigenvalue weighted by Crippen LogP contribution is -2.34. The van der Waals surface area contributed by atoms with Crippen LogP contribution in [0.3, 0.4) is 0 Å². The van der Waals surface area contributed by atoms with E-state index in [9.17, 15) is 0 Å². The third-order valence-electron chi connectivity index (χ3n) is 6.04. The average Bonchev–Trinajstić information content (AvgIpc) is 3.31. The maximum atomic E-state index is 6.04. The Balaban J connectivity index is 1.46. The average molecular weight is 421 g/mol. The van der Waals surface area contributed by atoms with E-state index in [1.165, 1.54) is 17.7 Å². The second kappa shape index (κ2) is 7.85. The molecule has 0 amide bonds. The highest BCUT2D eigenvalue weighted by Crippen LogP contribution is 2.32. The number of hydrogen-bond acceptors (Lipinski definition) is 4. The van der Waals surface area contributed by atoms with Crippen molar-refractivity contribution in [1.82, 2.24) is 29.0 Å². The molecule has 1 unspecified atom stereocenters. The normalized spacial score (nSPS) is 17.6. The Labute approximate surface area is 181 Å². The largest absolute Gasteiger partial charge is 0.334 e. The van der Waals surface area contributed by atoms with Crippen LogP contribution in [0.5, 0.6) is 0 Å². The van der Waals surface area contributed by atoms with Crippen molar-refractivity contribution < 1.29 is 0 Å². The van der Waals surface area contributed by atoms with Gasteiger partial charge in [-0.3, -0.25) is 4.90 Å². The Morgan fingerprint density at radius 2 is 2.00 bits per heavy atom. The Bertz CT molecular complexity index is 1180. The Kier molecular flexibility index (Phi) is 5.05. The van der Waals surface area contributed by atoms with Crippen LogP contribution in [0.4, 0.5) is 0 Å². The number of aryl methyl sites for hydroxylation is 2. The number of hydrogen-bond donors (Lipinski definition) is 0. The summed E-state index contributed by atoms with van der Waals surface area (Å²) < 4.78 is 4.07. The lowest BCUT2D eigenvalue weighted by atomic mass is 9.94. The lowest BCUT2D eigenvalue weighted by molar-refractivity contribution is 0.197. The van der Waals surface area contributed by atoms with E-state index in [1.54, 1.807) is 0 Å². The van der Waals surface area contributed by atoms with Gasteiger partial charge in [-0.15, -0.1) is 0 Å². The smallest absolute Gasteiger partial charge is 0.164 e. The minimum absolute atomic E-state index is 0.426. The zero-order chi connectivity index (χ0) is 20.7. The van der Waals surface area contributed by atoms with E-state index in [-0.39, 0.29) is 0 Å². The molecule has 6 nitrogen and oxygen atoms in total. The van der Waals surface area contributed by atoms with Crippen molar-refractivity contribution >= 4 is 17.2 Å². The van der Waals surface area contributed by atoms with Crippen molar-refractivity contribution in [3.8, 4) is 11.3 Å². The van der Waals surface area contributed by atoms with Crippen molar-refractivity contribution in [2.45, 2.75) is 32.2 Å². The molecule has 0 spiro atoms. The van der Waals surface area contributed by atoms with E-state index < -0.39 is 0 Å². The van der Waals surface area contributed by atoms with Gasteiger partial charge in [0.25, 0.3) is 0 Å². The van der Waals surface area contributed by atoms with Crippen molar-refractivity contribution in [3.05, 3.63) is 71.0 Å². The molecule has 1 aliphatic heterocycles. The molecule has 1 aliphatic rings. The summed E-state index contributed by atoms with van der Waals surface area (Å²) in [5.41, 5.74) is 6.52. The molecule has 3 aromatic heterocycles. The molecule has 1 saturated heterocycles. The Hall–Kier alpha value is -2.70. The number of aromatic nitrogens is 5. The zero-order valence-corrected chi connectivity index (χ0v) is 18.0. The summed E-state index contributed by atoms with van der Waals surface area (Å²) in [4.78, 5) is 11.5. The van der Waals surface area contributed by atoms with Gasteiger partial charge in [-0.1, -0.05) is 23.7 Å². The molecule has 0 radical (unpaired) electrons. The molecule has 4 aromatic rings. The predicted molar refractivity (Wildman–Crippen MR) is 119 cm³/mol. The van der Waals surface area contributed by atoms with Gasteiger partial charge in [0.15, 0.2) is 5.65 Å². The van der Waals surface area contributed by atoms with Crippen LogP contribution in [0.1, 0.15) is 35.7 Å². The molecule has 0 saturated carbocycles. The van der Waals surface area contributed by atoms with E-state index in [4.69, 9.17) is 16.7 Å². The molecule has 7 heteroatoms. The van der Waals surface area contributed by atoms with Crippen LogP contribution in [0.2, 0.25) is 5.02 Å². The summed E-state index contributed by atoms with van der Waals surface area (Å²) in [6, 6.07) is 10.3. The fourth-order valence-electron chi connectivity index (χ4n) is 4.56. The molecule has 4 heterocycles. The molecule has 0 N–H and O–H groups in total. The first-order valence-electron chi connectivity index (χ1n) is 10.4. The van der Waals surface area contributed by atoms with Crippen LogP contribution < -0.4 is 0 Å². The molecule has 154 valence electrons. The van der Waals surface area contributed by atoms with Crippen LogP contribution in [0.25, 0.3) is 16.9 Å². The number of nitrogens with zero attached hydrogens (tertiary/aromatic N) is 6.